The van der Waals surface area contributed by atoms with Crippen molar-refractivity contribution in [2.24, 2.45) is 0 Å². The Kier molecular flexibility index (Phi) is 3.66. The van der Waals surface area contributed by atoms with E-state index < -0.39 is 5.38 Å². The van der Waals surface area contributed by atoms with Crippen molar-refractivity contribution in [2.45, 2.75) is 5.38 Å². The molecule has 0 spiro atoms. The third-order valence-corrected chi connectivity index (χ3v) is 4.02. The highest BCUT2D eigenvalue weighted by atomic mass is 35.5. The summed E-state index contributed by atoms with van der Waals surface area (Å²) in [6.45, 7) is 0. The minimum atomic E-state index is -0.429. The summed E-state index contributed by atoms with van der Waals surface area (Å²) < 4.78 is 5.33. The third-order valence-electron chi connectivity index (χ3n) is 3.30. The molecule has 3 aromatic rings. The number of nitrogens with one attached hydrogen (secondary N) is 2. The van der Waals surface area contributed by atoms with Gasteiger partial charge in [-0.1, -0.05) is 17.7 Å². The van der Waals surface area contributed by atoms with E-state index in [2.05, 4.69) is 9.97 Å². The smallest absolute Gasteiger partial charge is 0.323 e. The van der Waals surface area contributed by atoms with E-state index in [9.17, 15) is 4.79 Å². The molecule has 0 amide bonds. The van der Waals surface area contributed by atoms with Gasteiger partial charge >= 0.3 is 5.69 Å². The molecule has 0 aliphatic heterocycles. The monoisotopic (exact) mass is 322 g/mol. The minimum absolute atomic E-state index is 0.242. The number of methoxy groups -OCH3 is 1. The van der Waals surface area contributed by atoms with Gasteiger partial charge in [0, 0.05) is 10.6 Å². The summed E-state index contributed by atoms with van der Waals surface area (Å²) in [5.74, 6) is 0.669. The molecule has 0 aliphatic rings. The van der Waals surface area contributed by atoms with Crippen molar-refractivity contribution in [1.82, 2.24) is 9.97 Å². The van der Waals surface area contributed by atoms with Gasteiger partial charge in [-0.2, -0.15) is 0 Å². The zero-order valence-electron chi connectivity index (χ0n) is 11.1. The Morgan fingerprint density at radius 1 is 1.10 bits per heavy atom. The zero-order chi connectivity index (χ0) is 15.0. The number of fused-ring (bicyclic) bond motifs is 1. The number of aromatic nitrogens is 2. The van der Waals surface area contributed by atoms with Gasteiger partial charge in [0.25, 0.3) is 0 Å². The van der Waals surface area contributed by atoms with Crippen molar-refractivity contribution < 1.29 is 4.74 Å². The van der Waals surface area contributed by atoms with Gasteiger partial charge in [-0.05, 0) is 35.9 Å². The van der Waals surface area contributed by atoms with Gasteiger partial charge in [0.15, 0.2) is 0 Å². The molecule has 0 radical (unpaired) electrons. The fraction of sp³-hybridized carbons (Fsp3) is 0.133. The number of ether oxygens (including phenoxy) is 1. The summed E-state index contributed by atoms with van der Waals surface area (Å²) in [6, 6.07) is 10.8. The fourth-order valence-electron chi connectivity index (χ4n) is 2.29. The molecule has 0 bridgehead atoms. The Morgan fingerprint density at radius 3 is 2.62 bits per heavy atom. The second-order valence-corrected chi connectivity index (χ2v) is 5.51. The van der Waals surface area contributed by atoms with E-state index in [0.29, 0.717) is 16.3 Å². The van der Waals surface area contributed by atoms with Crippen molar-refractivity contribution in [1.29, 1.82) is 0 Å². The highest BCUT2D eigenvalue weighted by Crippen LogP contribution is 2.37. The lowest BCUT2D eigenvalue weighted by Crippen LogP contribution is -1.99. The van der Waals surface area contributed by atoms with Crippen molar-refractivity contribution in [3.63, 3.8) is 0 Å². The lowest BCUT2D eigenvalue weighted by Gasteiger charge is -2.15. The van der Waals surface area contributed by atoms with Crippen molar-refractivity contribution in [3.8, 4) is 5.75 Å². The maximum absolute atomic E-state index is 11.3. The lowest BCUT2D eigenvalue weighted by atomic mass is 10.0. The van der Waals surface area contributed by atoms with Crippen LogP contribution in [-0.4, -0.2) is 17.1 Å². The highest BCUT2D eigenvalue weighted by molar-refractivity contribution is 6.31. The second-order valence-electron chi connectivity index (χ2n) is 4.63. The number of benzene rings is 2. The van der Waals surface area contributed by atoms with Crippen LogP contribution in [0.25, 0.3) is 11.0 Å². The van der Waals surface area contributed by atoms with Gasteiger partial charge in [0.05, 0.1) is 23.5 Å². The molecule has 4 nitrogen and oxygen atoms in total. The van der Waals surface area contributed by atoms with Gasteiger partial charge in [-0.15, -0.1) is 11.6 Å². The average molecular weight is 323 g/mol. The molecule has 2 aromatic carbocycles. The summed E-state index contributed by atoms with van der Waals surface area (Å²) in [5, 5.41) is 0.161. The van der Waals surface area contributed by atoms with E-state index >= 15 is 0 Å². The molecule has 108 valence electrons. The van der Waals surface area contributed by atoms with E-state index in [0.717, 1.165) is 16.6 Å². The maximum Gasteiger partial charge on any atom is 0.323 e. The van der Waals surface area contributed by atoms with Crippen molar-refractivity contribution in [2.75, 3.05) is 7.11 Å². The predicted molar refractivity (Wildman–Crippen MR) is 84.6 cm³/mol. The van der Waals surface area contributed by atoms with E-state index in [-0.39, 0.29) is 5.69 Å². The molecular weight excluding hydrogens is 311 g/mol. The molecule has 2 N–H and O–H groups in total. The van der Waals surface area contributed by atoms with Gasteiger partial charge in [0.1, 0.15) is 5.75 Å². The quantitative estimate of drug-likeness (QED) is 0.719. The molecule has 0 fully saturated rings. The van der Waals surface area contributed by atoms with Crippen LogP contribution in [0.3, 0.4) is 0 Å². The van der Waals surface area contributed by atoms with Crippen LogP contribution in [-0.2, 0) is 0 Å². The van der Waals surface area contributed by atoms with Gasteiger partial charge in [-0.25, -0.2) is 4.79 Å². The number of hydrogen-bond acceptors (Lipinski definition) is 2. The van der Waals surface area contributed by atoms with Crippen molar-refractivity contribution in [3.05, 3.63) is 63.0 Å². The Hall–Kier alpha value is -1.91. The van der Waals surface area contributed by atoms with E-state index in [1.165, 1.54) is 0 Å². The van der Waals surface area contributed by atoms with Crippen LogP contribution in [0.2, 0.25) is 5.02 Å². The SMILES string of the molecule is COc1ccc(Cl)cc1C(Cl)c1ccc2[nH]c(=O)[nH]c2c1. The minimum Gasteiger partial charge on any atom is -0.496 e. The van der Waals surface area contributed by atoms with Crippen LogP contribution >= 0.6 is 23.2 Å². The van der Waals surface area contributed by atoms with Crippen LogP contribution in [0, 0.1) is 0 Å². The molecule has 1 heterocycles. The van der Waals surface area contributed by atoms with E-state index in [1.54, 1.807) is 25.3 Å². The first-order valence-electron chi connectivity index (χ1n) is 6.28. The summed E-state index contributed by atoms with van der Waals surface area (Å²) in [7, 11) is 1.59. The first-order chi connectivity index (χ1) is 10.1. The number of halogens is 2. The molecule has 1 unspecified atom stereocenters. The molecular formula is C15H12Cl2N2O2. The molecule has 3 rings (SSSR count). The van der Waals surface area contributed by atoms with Crippen LogP contribution in [0.5, 0.6) is 5.75 Å². The van der Waals surface area contributed by atoms with Crippen LogP contribution < -0.4 is 10.4 Å². The number of alkyl halides is 1. The molecule has 0 saturated heterocycles. The Labute approximate surface area is 130 Å². The number of imidazole rings is 1. The Balaban J connectivity index is 2.09. The fourth-order valence-corrected chi connectivity index (χ4v) is 2.78. The second kappa shape index (κ2) is 5.47. The summed E-state index contributed by atoms with van der Waals surface area (Å²) in [5.41, 5.74) is 2.84. The number of H-pyrrole nitrogens is 2. The number of hydrogen-bond donors (Lipinski definition) is 2. The summed E-state index contributed by atoms with van der Waals surface area (Å²) in [4.78, 5) is 16.7. The molecule has 1 atom stereocenters. The topological polar surface area (TPSA) is 57.9 Å². The largest absolute Gasteiger partial charge is 0.496 e. The normalized spacial score (nSPS) is 12.5. The van der Waals surface area contributed by atoms with Crippen molar-refractivity contribution >= 4 is 34.2 Å². The third kappa shape index (κ3) is 2.64. The van der Waals surface area contributed by atoms with Crippen LogP contribution in [0.1, 0.15) is 16.5 Å². The van der Waals surface area contributed by atoms with Crippen LogP contribution in [0.15, 0.2) is 41.2 Å². The number of rotatable bonds is 3. The van der Waals surface area contributed by atoms with Gasteiger partial charge in [0.2, 0.25) is 0 Å². The first-order valence-corrected chi connectivity index (χ1v) is 7.09. The predicted octanol–water partition coefficient (Wildman–Crippen LogP) is 3.85. The molecule has 0 aliphatic carbocycles. The molecule has 0 saturated carbocycles. The average Bonchev–Trinajstić information content (AvgIpc) is 2.85. The summed E-state index contributed by atoms with van der Waals surface area (Å²) >= 11 is 12.6. The number of aromatic amines is 2. The summed E-state index contributed by atoms with van der Waals surface area (Å²) in [6.07, 6.45) is 0. The van der Waals surface area contributed by atoms with E-state index in [4.69, 9.17) is 27.9 Å². The molecule has 21 heavy (non-hydrogen) atoms. The lowest BCUT2D eigenvalue weighted by molar-refractivity contribution is 0.410. The first kappa shape index (κ1) is 14.0. The standard InChI is InChI=1S/C15H12Cl2N2O2/c1-21-13-5-3-9(16)7-10(13)14(17)8-2-4-11-12(6-8)19-15(20)18-11/h2-7,14H,1H3,(H2,18,19,20). The van der Waals surface area contributed by atoms with Gasteiger partial charge in [-0.3, -0.25) is 0 Å². The molecule has 6 heteroatoms. The van der Waals surface area contributed by atoms with Crippen LogP contribution in [0.4, 0.5) is 0 Å². The molecule has 1 aromatic heterocycles. The highest BCUT2D eigenvalue weighted by Gasteiger charge is 2.17. The Bertz CT molecular complexity index is 854. The maximum atomic E-state index is 11.3. The zero-order valence-corrected chi connectivity index (χ0v) is 12.6. The van der Waals surface area contributed by atoms with Gasteiger partial charge < -0.3 is 14.7 Å². The van der Waals surface area contributed by atoms with E-state index in [1.807, 2.05) is 18.2 Å². The Morgan fingerprint density at radius 2 is 1.86 bits per heavy atom.